The molecular formula is C6H7N2NaO2. The average Bonchev–Trinajstić information content (AvgIpc) is 2.05. The van der Waals surface area contributed by atoms with Crippen molar-refractivity contribution in [3.8, 4) is 11.8 Å². The van der Waals surface area contributed by atoms with Crippen molar-refractivity contribution in [2.45, 2.75) is 0 Å². The van der Waals surface area contributed by atoms with Crippen molar-refractivity contribution in [1.82, 2.24) is 9.97 Å². The van der Waals surface area contributed by atoms with E-state index in [2.05, 4.69) is 16.3 Å². The molecule has 1 aromatic heterocycles. The van der Waals surface area contributed by atoms with Gasteiger partial charge in [0, 0.05) is 6.33 Å². The minimum Gasteiger partial charge on any atom is -0.537 e. The molecule has 0 aliphatic carbocycles. The number of methoxy groups -OCH3 is 2. The van der Waals surface area contributed by atoms with Crippen molar-refractivity contribution in [3.63, 3.8) is 0 Å². The smallest absolute Gasteiger partial charge is 0.537 e. The van der Waals surface area contributed by atoms with Crippen LogP contribution in [0.2, 0.25) is 0 Å². The van der Waals surface area contributed by atoms with Gasteiger partial charge in [-0.3, -0.25) is 0 Å². The minimum absolute atomic E-state index is 0. The van der Waals surface area contributed by atoms with Crippen LogP contribution in [0.4, 0.5) is 0 Å². The summed E-state index contributed by atoms with van der Waals surface area (Å²) in [5, 5.41) is 0. The molecule has 1 rings (SSSR count). The quantitative estimate of drug-likeness (QED) is 0.350. The second-order valence-electron chi connectivity index (χ2n) is 1.55. The summed E-state index contributed by atoms with van der Waals surface area (Å²) in [6.07, 6.45) is 2.38. The van der Waals surface area contributed by atoms with Gasteiger partial charge in [-0.1, -0.05) is 6.07 Å². The Bertz CT molecular complexity index is 200. The Morgan fingerprint density at radius 3 is 2.00 bits per heavy atom. The number of rotatable bonds is 2. The Morgan fingerprint density at radius 2 is 1.64 bits per heavy atom. The molecule has 4 nitrogen and oxygen atoms in total. The first kappa shape index (κ1) is 10.7. The molecule has 0 fully saturated rings. The summed E-state index contributed by atoms with van der Waals surface area (Å²) >= 11 is 0. The molecule has 1 aromatic rings. The van der Waals surface area contributed by atoms with Crippen LogP contribution < -0.4 is 39.0 Å². The molecule has 54 valence electrons. The zero-order valence-electron chi connectivity index (χ0n) is 6.79. The fourth-order valence-corrected chi connectivity index (χ4v) is 0.503. The fourth-order valence-electron chi connectivity index (χ4n) is 0.503. The number of nitrogens with zero attached hydrogens (tertiary/aromatic N) is 2. The Labute approximate surface area is 87.2 Å². The molecular weight excluding hydrogens is 155 g/mol. The van der Waals surface area contributed by atoms with Gasteiger partial charge in [-0.2, -0.15) is 0 Å². The Hall–Kier alpha value is -0.320. The number of hydrogen-bond acceptors (Lipinski definition) is 4. The third kappa shape index (κ3) is 3.05. The van der Waals surface area contributed by atoms with E-state index in [0.29, 0.717) is 11.8 Å². The van der Waals surface area contributed by atoms with Gasteiger partial charge in [0.1, 0.15) is 11.8 Å². The van der Waals surface area contributed by atoms with E-state index in [0.717, 1.165) is 0 Å². The van der Waals surface area contributed by atoms with Gasteiger partial charge in [0.05, 0.1) is 14.2 Å². The Balaban J connectivity index is 0.000001000. The van der Waals surface area contributed by atoms with E-state index in [9.17, 15) is 0 Å². The minimum atomic E-state index is 0. The molecule has 0 bridgehead atoms. The first-order chi connectivity index (χ1) is 4.86. The summed E-state index contributed by atoms with van der Waals surface area (Å²) in [5.74, 6) is 0.902. The third-order valence-electron chi connectivity index (χ3n) is 0.986. The predicted octanol–water partition coefficient (Wildman–Crippen LogP) is -2.70. The number of ether oxygens (including phenoxy) is 2. The summed E-state index contributed by atoms with van der Waals surface area (Å²) in [6, 6.07) is 1.58. The molecule has 0 atom stereocenters. The fraction of sp³-hybridized carbons (Fsp3) is 0.333. The maximum atomic E-state index is 4.79. The Kier molecular flexibility index (Phi) is 5.19. The van der Waals surface area contributed by atoms with Crippen LogP contribution in [-0.4, -0.2) is 24.2 Å². The molecule has 0 aliphatic rings. The maximum absolute atomic E-state index is 4.79. The van der Waals surface area contributed by atoms with Gasteiger partial charge < -0.3 is 19.4 Å². The van der Waals surface area contributed by atoms with Crippen LogP contribution in [0, 0.1) is 6.33 Å². The van der Waals surface area contributed by atoms with Gasteiger partial charge in [0.25, 0.3) is 0 Å². The van der Waals surface area contributed by atoms with Crippen LogP contribution in [0.5, 0.6) is 11.8 Å². The van der Waals surface area contributed by atoms with Gasteiger partial charge in [-0.25, -0.2) is 0 Å². The molecule has 0 saturated heterocycles. The summed E-state index contributed by atoms with van der Waals surface area (Å²) < 4.78 is 9.59. The molecule has 0 spiro atoms. The monoisotopic (exact) mass is 162 g/mol. The molecule has 0 radical (unpaired) electrons. The van der Waals surface area contributed by atoms with Crippen LogP contribution in [0.1, 0.15) is 0 Å². The van der Waals surface area contributed by atoms with Gasteiger partial charge in [0.2, 0.25) is 0 Å². The van der Waals surface area contributed by atoms with Crippen molar-refractivity contribution in [1.29, 1.82) is 0 Å². The van der Waals surface area contributed by atoms with E-state index in [1.54, 1.807) is 6.07 Å². The van der Waals surface area contributed by atoms with E-state index in [1.807, 2.05) is 0 Å². The molecule has 0 amide bonds. The summed E-state index contributed by atoms with van der Waals surface area (Å²) in [4.78, 5) is 7.34. The second kappa shape index (κ2) is 5.35. The van der Waals surface area contributed by atoms with Gasteiger partial charge in [-0.15, -0.1) is 0 Å². The van der Waals surface area contributed by atoms with Gasteiger partial charge in [-0.05, 0) is 0 Å². The van der Waals surface area contributed by atoms with Crippen molar-refractivity contribution >= 4 is 0 Å². The molecule has 5 heteroatoms. The number of aromatic nitrogens is 2. The van der Waals surface area contributed by atoms with Crippen LogP contribution in [0.3, 0.4) is 0 Å². The van der Waals surface area contributed by atoms with Gasteiger partial charge >= 0.3 is 29.6 Å². The molecule has 11 heavy (non-hydrogen) atoms. The zero-order chi connectivity index (χ0) is 7.40. The van der Waals surface area contributed by atoms with Crippen molar-refractivity contribution < 1.29 is 39.0 Å². The van der Waals surface area contributed by atoms with E-state index in [4.69, 9.17) is 9.47 Å². The molecule has 0 saturated carbocycles. The zero-order valence-corrected chi connectivity index (χ0v) is 8.79. The van der Waals surface area contributed by atoms with Crippen LogP contribution in [0.15, 0.2) is 6.07 Å². The van der Waals surface area contributed by atoms with Gasteiger partial charge in [0.15, 0.2) is 0 Å². The second-order valence-corrected chi connectivity index (χ2v) is 1.55. The number of hydrogen-bond donors (Lipinski definition) is 0. The summed E-state index contributed by atoms with van der Waals surface area (Å²) in [5.41, 5.74) is 0. The maximum Gasteiger partial charge on any atom is 1.00 e. The SMILES string of the molecule is COc1cc(OC)n[c-]n1.[Na+]. The van der Waals surface area contributed by atoms with Crippen molar-refractivity contribution in [2.24, 2.45) is 0 Å². The van der Waals surface area contributed by atoms with Crippen molar-refractivity contribution in [3.05, 3.63) is 12.4 Å². The first-order valence-electron chi connectivity index (χ1n) is 2.70. The average molecular weight is 162 g/mol. The van der Waals surface area contributed by atoms with Crippen LogP contribution in [0.25, 0.3) is 0 Å². The van der Waals surface area contributed by atoms with Crippen LogP contribution >= 0.6 is 0 Å². The molecule has 1 heterocycles. The van der Waals surface area contributed by atoms with E-state index >= 15 is 0 Å². The van der Waals surface area contributed by atoms with E-state index < -0.39 is 0 Å². The van der Waals surface area contributed by atoms with E-state index in [-0.39, 0.29) is 29.6 Å². The first-order valence-corrected chi connectivity index (χ1v) is 2.70. The summed E-state index contributed by atoms with van der Waals surface area (Å²) in [7, 11) is 3.05. The van der Waals surface area contributed by atoms with E-state index in [1.165, 1.54) is 14.2 Å². The predicted molar refractivity (Wildman–Crippen MR) is 34.0 cm³/mol. The molecule has 0 aliphatic heterocycles. The van der Waals surface area contributed by atoms with Crippen molar-refractivity contribution in [2.75, 3.05) is 14.2 Å². The Morgan fingerprint density at radius 1 is 1.18 bits per heavy atom. The van der Waals surface area contributed by atoms with Crippen LogP contribution in [-0.2, 0) is 0 Å². The molecule has 0 unspecified atom stereocenters. The largest absolute Gasteiger partial charge is 1.00 e. The topological polar surface area (TPSA) is 44.2 Å². The molecule has 0 aromatic carbocycles. The molecule has 0 N–H and O–H groups in total. The summed E-state index contributed by atoms with van der Waals surface area (Å²) in [6.45, 7) is 0. The standard InChI is InChI=1S/C6H7N2O2.Na/c1-9-5-3-6(10-2)8-4-7-5;/h3H,1-2H3;/q-1;+1. The third-order valence-corrected chi connectivity index (χ3v) is 0.986. The normalized spacial score (nSPS) is 8.18.